The zero-order valence-electron chi connectivity index (χ0n) is 19.3. The first kappa shape index (κ1) is 24.0. The van der Waals surface area contributed by atoms with Gasteiger partial charge < -0.3 is 5.11 Å². The molecule has 0 unspecified atom stereocenters. The van der Waals surface area contributed by atoms with Crippen molar-refractivity contribution >= 4 is 17.3 Å². The molecule has 1 saturated carbocycles. The second-order valence-electron chi connectivity index (χ2n) is 10.0. The van der Waals surface area contributed by atoms with Crippen molar-refractivity contribution in [2.75, 3.05) is 0 Å². The molecule has 2 aliphatic rings. The highest BCUT2D eigenvalue weighted by Gasteiger charge is 2.72. The van der Waals surface area contributed by atoms with Crippen LogP contribution in [0.5, 0.6) is 0 Å². The average molecular weight is 413 g/mol. The van der Waals surface area contributed by atoms with Crippen molar-refractivity contribution < 1.29 is 19.5 Å². The molecule has 2 aliphatic carbocycles. The summed E-state index contributed by atoms with van der Waals surface area (Å²) in [5, 5.41) is 11.3. The molecular formula is C26H36O4. The summed E-state index contributed by atoms with van der Waals surface area (Å²) in [6.07, 6.45) is 6.72. The van der Waals surface area contributed by atoms with Crippen LogP contribution < -0.4 is 0 Å². The van der Waals surface area contributed by atoms with E-state index in [9.17, 15) is 19.5 Å². The number of fused-ring (bicyclic) bond motifs is 2. The Morgan fingerprint density at radius 3 is 2.20 bits per heavy atom. The van der Waals surface area contributed by atoms with Crippen LogP contribution in [0.25, 0.3) is 0 Å². The number of carbonyl (C=O) groups is 3. The highest BCUT2D eigenvalue weighted by Crippen LogP contribution is 2.66. The maximum Gasteiger partial charge on any atom is 0.184 e. The number of rotatable bonds is 8. The van der Waals surface area contributed by atoms with Gasteiger partial charge in [-0.2, -0.15) is 0 Å². The lowest BCUT2D eigenvalue weighted by atomic mass is 9.40. The predicted molar refractivity (Wildman–Crippen MR) is 120 cm³/mol. The monoisotopic (exact) mass is 412 g/mol. The summed E-state index contributed by atoms with van der Waals surface area (Å²) in [5.41, 5.74) is -2.47. The predicted octanol–water partition coefficient (Wildman–Crippen LogP) is 5.70. The van der Waals surface area contributed by atoms with Crippen molar-refractivity contribution in [3.63, 3.8) is 0 Å². The SMILES string of the molecule is C=CC[C@@]12C[C@@H](CC=C(C)C)C(C)(C)[C@@](CC=C)(C(=O)C(C(=O)C(C)C)=C1O)C2=O. The molecule has 4 nitrogen and oxygen atoms in total. The van der Waals surface area contributed by atoms with Crippen molar-refractivity contribution in [3.8, 4) is 0 Å². The Morgan fingerprint density at radius 2 is 1.73 bits per heavy atom. The van der Waals surface area contributed by atoms with Gasteiger partial charge in [0.15, 0.2) is 17.3 Å². The Bertz CT molecular complexity index is 850. The normalized spacial score (nSPS) is 30.3. The molecule has 0 radical (unpaired) electrons. The molecule has 0 spiro atoms. The summed E-state index contributed by atoms with van der Waals surface area (Å²) < 4.78 is 0. The summed E-state index contributed by atoms with van der Waals surface area (Å²) in [4.78, 5) is 41.0. The van der Waals surface area contributed by atoms with Crippen LogP contribution in [0.15, 0.2) is 48.3 Å². The molecule has 1 fully saturated rings. The molecule has 2 rings (SSSR count). The third kappa shape index (κ3) is 3.16. The lowest BCUT2D eigenvalue weighted by Crippen LogP contribution is -2.67. The smallest absolute Gasteiger partial charge is 0.184 e. The van der Waals surface area contributed by atoms with Gasteiger partial charge in [-0.1, -0.05) is 51.5 Å². The van der Waals surface area contributed by atoms with E-state index in [0.29, 0.717) is 12.8 Å². The van der Waals surface area contributed by atoms with Crippen molar-refractivity contribution in [2.24, 2.45) is 28.1 Å². The molecule has 164 valence electrons. The van der Waals surface area contributed by atoms with Crippen LogP contribution in [-0.4, -0.2) is 22.5 Å². The van der Waals surface area contributed by atoms with Crippen molar-refractivity contribution in [1.82, 2.24) is 0 Å². The van der Waals surface area contributed by atoms with Gasteiger partial charge in [0.25, 0.3) is 0 Å². The fraction of sp³-hybridized carbons (Fsp3) is 0.577. The van der Waals surface area contributed by atoms with E-state index in [-0.39, 0.29) is 35.9 Å². The van der Waals surface area contributed by atoms with Crippen LogP contribution in [0.1, 0.15) is 67.2 Å². The van der Waals surface area contributed by atoms with E-state index in [2.05, 4.69) is 19.2 Å². The number of allylic oxidation sites excluding steroid dienone is 6. The molecule has 0 aliphatic heterocycles. The molecule has 0 aromatic carbocycles. The number of Topliss-reactive ketones (excluding diaryl/α,β-unsaturated/α-hetero) is 3. The Morgan fingerprint density at radius 1 is 1.17 bits per heavy atom. The quantitative estimate of drug-likeness (QED) is 0.315. The van der Waals surface area contributed by atoms with Crippen LogP contribution in [0, 0.1) is 28.1 Å². The Balaban J connectivity index is 2.94. The minimum atomic E-state index is -1.43. The molecule has 0 heterocycles. The maximum atomic E-state index is 14.1. The van der Waals surface area contributed by atoms with Gasteiger partial charge in [-0.3, -0.25) is 14.4 Å². The Hall–Kier alpha value is -2.23. The molecule has 2 bridgehead atoms. The third-order valence-electron chi connectivity index (χ3n) is 7.37. The fourth-order valence-corrected chi connectivity index (χ4v) is 5.44. The van der Waals surface area contributed by atoms with Gasteiger partial charge >= 0.3 is 0 Å². The first-order valence-corrected chi connectivity index (χ1v) is 10.8. The zero-order chi connectivity index (χ0) is 23.1. The van der Waals surface area contributed by atoms with E-state index in [4.69, 9.17) is 0 Å². The van der Waals surface area contributed by atoms with Gasteiger partial charge in [-0.15, -0.1) is 13.2 Å². The van der Waals surface area contributed by atoms with Crippen LogP contribution >= 0.6 is 0 Å². The van der Waals surface area contributed by atoms with E-state index < -0.39 is 33.7 Å². The van der Waals surface area contributed by atoms with Gasteiger partial charge in [-0.05, 0) is 50.9 Å². The van der Waals surface area contributed by atoms with Gasteiger partial charge in [0.2, 0.25) is 0 Å². The Kier molecular flexibility index (Phi) is 6.51. The van der Waals surface area contributed by atoms with Crippen molar-refractivity contribution in [3.05, 3.63) is 48.3 Å². The number of aliphatic hydroxyl groups excluding tert-OH is 1. The van der Waals surface area contributed by atoms with Gasteiger partial charge in [0, 0.05) is 5.92 Å². The Labute approximate surface area is 180 Å². The van der Waals surface area contributed by atoms with Crippen LogP contribution in [-0.2, 0) is 14.4 Å². The van der Waals surface area contributed by atoms with Crippen molar-refractivity contribution in [1.29, 1.82) is 0 Å². The minimum absolute atomic E-state index is 0.0354. The highest BCUT2D eigenvalue weighted by molar-refractivity contribution is 6.32. The molecule has 30 heavy (non-hydrogen) atoms. The molecule has 3 atom stereocenters. The maximum absolute atomic E-state index is 14.1. The van der Waals surface area contributed by atoms with E-state index in [1.807, 2.05) is 27.7 Å². The summed E-state index contributed by atoms with van der Waals surface area (Å²) in [7, 11) is 0. The summed E-state index contributed by atoms with van der Waals surface area (Å²) >= 11 is 0. The minimum Gasteiger partial charge on any atom is -0.510 e. The van der Waals surface area contributed by atoms with Gasteiger partial charge in [-0.25, -0.2) is 0 Å². The van der Waals surface area contributed by atoms with E-state index in [1.54, 1.807) is 26.0 Å². The number of hydrogen-bond acceptors (Lipinski definition) is 4. The average Bonchev–Trinajstić information content (AvgIpc) is 2.65. The summed E-state index contributed by atoms with van der Waals surface area (Å²) in [6, 6.07) is 0. The first-order valence-electron chi connectivity index (χ1n) is 10.8. The lowest BCUT2D eigenvalue weighted by Gasteiger charge is -2.60. The number of aliphatic hydroxyl groups is 1. The molecule has 0 aromatic heterocycles. The first-order chi connectivity index (χ1) is 13.8. The van der Waals surface area contributed by atoms with E-state index in [1.165, 1.54) is 0 Å². The molecule has 4 heteroatoms. The summed E-state index contributed by atoms with van der Waals surface area (Å²) in [5.74, 6) is -2.11. The largest absolute Gasteiger partial charge is 0.510 e. The zero-order valence-corrected chi connectivity index (χ0v) is 19.3. The topological polar surface area (TPSA) is 71.4 Å². The summed E-state index contributed by atoms with van der Waals surface area (Å²) in [6.45, 7) is 19.0. The van der Waals surface area contributed by atoms with Crippen molar-refractivity contribution in [2.45, 2.75) is 67.2 Å². The highest BCUT2D eigenvalue weighted by atomic mass is 16.3. The molecule has 0 aromatic rings. The van der Waals surface area contributed by atoms with Crippen LogP contribution in [0.2, 0.25) is 0 Å². The number of hydrogen-bond donors (Lipinski definition) is 1. The standard InChI is InChI=1S/C26H36O4/c1-9-13-25-15-18(12-11-16(3)4)24(7,8)26(14-10-2,23(25)30)22(29)19(21(25)28)20(27)17(5)6/h9-11,17-18,28H,1-2,12-15H2,3-8H3/t18-,25-,26+/m1/s1. The third-order valence-corrected chi connectivity index (χ3v) is 7.37. The van der Waals surface area contributed by atoms with E-state index in [0.717, 1.165) is 5.57 Å². The number of carbonyl (C=O) groups excluding carboxylic acids is 3. The molecule has 0 amide bonds. The van der Waals surface area contributed by atoms with Crippen LogP contribution in [0.4, 0.5) is 0 Å². The fourth-order valence-electron chi connectivity index (χ4n) is 5.44. The lowest BCUT2D eigenvalue weighted by molar-refractivity contribution is -0.171. The number of ketones is 3. The second kappa shape index (κ2) is 8.13. The van der Waals surface area contributed by atoms with Gasteiger partial charge in [0.1, 0.15) is 16.7 Å². The second-order valence-corrected chi connectivity index (χ2v) is 10.0. The van der Waals surface area contributed by atoms with Gasteiger partial charge in [0.05, 0.1) is 5.41 Å². The van der Waals surface area contributed by atoms with E-state index >= 15 is 0 Å². The van der Waals surface area contributed by atoms with Crippen LogP contribution in [0.3, 0.4) is 0 Å². The molecule has 1 N–H and O–H groups in total. The molecular weight excluding hydrogens is 376 g/mol. The molecule has 0 saturated heterocycles.